The minimum absolute atomic E-state index is 0.231. The second kappa shape index (κ2) is 5.60. The number of rotatable bonds is 4. The highest BCUT2D eigenvalue weighted by molar-refractivity contribution is 7.09. The van der Waals surface area contributed by atoms with Crippen LogP contribution in [0.3, 0.4) is 0 Å². The molecule has 1 atom stereocenters. The molecule has 0 fully saturated rings. The Morgan fingerprint density at radius 1 is 1.59 bits per heavy atom. The molecule has 96 valence electrons. The van der Waals surface area contributed by atoms with E-state index >= 15 is 0 Å². The fraction of sp³-hybridized carbons (Fsp3) is 0.667. The predicted molar refractivity (Wildman–Crippen MR) is 69.0 cm³/mol. The summed E-state index contributed by atoms with van der Waals surface area (Å²) in [5.41, 5.74) is 0.571. The quantitative estimate of drug-likeness (QED) is 0.840. The molecule has 0 saturated heterocycles. The molecule has 0 amide bonds. The van der Waals surface area contributed by atoms with Crippen LogP contribution in [0.2, 0.25) is 0 Å². The van der Waals surface area contributed by atoms with Crippen LogP contribution in [0.1, 0.15) is 38.4 Å². The highest BCUT2D eigenvalue weighted by Gasteiger charge is 2.21. The Morgan fingerprint density at radius 2 is 2.24 bits per heavy atom. The van der Waals surface area contributed by atoms with E-state index in [9.17, 15) is 4.79 Å². The maximum Gasteiger partial charge on any atom is 0.323 e. The topological polar surface area (TPSA) is 51.2 Å². The van der Waals surface area contributed by atoms with Gasteiger partial charge in [0.2, 0.25) is 0 Å². The normalized spacial score (nSPS) is 13.5. The monoisotopic (exact) mass is 256 g/mol. The lowest BCUT2D eigenvalue weighted by Gasteiger charge is -2.22. The van der Waals surface area contributed by atoms with Crippen LogP contribution in [0, 0.1) is 6.92 Å². The molecule has 0 aliphatic heterocycles. The molecule has 1 N–H and O–H groups in total. The number of hydrogen-bond acceptors (Lipinski definition) is 5. The second-order valence-electron chi connectivity index (χ2n) is 5.02. The molecule has 0 aliphatic rings. The van der Waals surface area contributed by atoms with E-state index in [0.29, 0.717) is 6.54 Å². The molecule has 0 radical (unpaired) electrons. The Labute approximate surface area is 106 Å². The van der Waals surface area contributed by atoms with Crippen molar-refractivity contribution in [1.29, 1.82) is 0 Å². The maximum atomic E-state index is 11.7. The van der Waals surface area contributed by atoms with Crippen LogP contribution in [0.25, 0.3) is 0 Å². The molecule has 0 spiro atoms. The summed E-state index contributed by atoms with van der Waals surface area (Å²) >= 11 is 1.59. The van der Waals surface area contributed by atoms with E-state index < -0.39 is 5.60 Å². The lowest BCUT2D eigenvalue weighted by atomic mass is 10.2. The van der Waals surface area contributed by atoms with Crippen molar-refractivity contribution in [2.75, 3.05) is 0 Å². The standard InChI is InChI=1S/C12H20N2O2S/c1-8-7-17-10(14-8)6-13-9(2)11(15)16-12(3,4)5/h7,9,13H,6H2,1-5H3. The molecular formula is C12H20N2O2S. The van der Waals surface area contributed by atoms with Gasteiger partial charge in [-0.3, -0.25) is 10.1 Å². The van der Waals surface area contributed by atoms with Gasteiger partial charge in [-0.1, -0.05) is 0 Å². The van der Waals surface area contributed by atoms with Gasteiger partial charge >= 0.3 is 5.97 Å². The molecule has 1 unspecified atom stereocenters. The van der Waals surface area contributed by atoms with Gasteiger partial charge in [-0.15, -0.1) is 11.3 Å². The zero-order valence-electron chi connectivity index (χ0n) is 11.0. The average Bonchev–Trinajstić information content (AvgIpc) is 2.58. The van der Waals surface area contributed by atoms with E-state index in [1.165, 1.54) is 0 Å². The molecule has 0 bridgehead atoms. The van der Waals surface area contributed by atoms with E-state index in [0.717, 1.165) is 10.7 Å². The molecule has 1 aromatic rings. The van der Waals surface area contributed by atoms with Crippen molar-refractivity contribution in [3.05, 3.63) is 16.1 Å². The van der Waals surface area contributed by atoms with Gasteiger partial charge in [0.05, 0.1) is 0 Å². The molecule has 0 aromatic carbocycles. The number of esters is 1. The Balaban J connectivity index is 2.39. The summed E-state index contributed by atoms with van der Waals surface area (Å²) in [7, 11) is 0. The van der Waals surface area contributed by atoms with Gasteiger partial charge in [0.15, 0.2) is 0 Å². The third-order valence-electron chi connectivity index (χ3n) is 1.99. The first-order valence-corrected chi connectivity index (χ1v) is 6.53. The lowest BCUT2D eigenvalue weighted by molar-refractivity contribution is -0.157. The summed E-state index contributed by atoms with van der Waals surface area (Å²) in [5, 5.41) is 6.09. The molecule has 1 rings (SSSR count). The van der Waals surface area contributed by atoms with Gasteiger partial charge in [-0.2, -0.15) is 0 Å². The zero-order valence-corrected chi connectivity index (χ0v) is 11.9. The number of carbonyl (C=O) groups is 1. The lowest BCUT2D eigenvalue weighted by Crippen LogP contribution is -2.38. The van der Waals surface area contributed by atoms with Gasteiger partial charge in [0.1, 0.15) is 16.7 Å². The van der Waals surface area contributed by atoms with E-state index in [1.807, 2.05) is 33.1 Å². The van der Waals surface area contributed by atoms with Crippen molar-refractivity contribution in [3.63, 3.8) is 0 Å². The number of hydrogen-bond donors (Lipinski definition) is 1. The van der Waals surface area contributed by atoms with Crippen molar-refractivity contribution < 1.29 is 9.53 Å². The minimum Gasteiger partial charge on any atom is -0.459 e. The number of aryl methyl sites for hydroxylation is 1. The van der Waals surface area contributed by atoms with Crippen LogP contribution in [-0.4, -0.2) is 22.6 Å². The number of ether oxygens (including phenoxy) is 1. The summed E-state index contributed by atoms with van der Waals surface area (Å²) in [6.45, 7) is 9.94. The van der Waals surface area contributed by atoms with E-state index in [4.69, 9.17) is 4.74 Å². The van der Waals surface area contributed by atoms with Crippen LogP contribution < -0.4 is 5.32 Å². The molecule has 1 heterocycles. The van der Waals surface area contributed by atoms with Crippen LogP contribution in [0.5, 0.6) is 0 Å². The summed E-state index contributed by atoms with van der Waals surface area (Å²) < 4.78 is 5.27. The van der Waals surface area contributed by atoms with E-state index in [1.54, 1.807) is 18.3 Å². The van der Waals surface area contributed by atoms with Gasteiger partial charge in [0.25, 0.3) is 0 Å². The Kier molecular flexibility index (Phi) is 4.65. The Bertz CT molecular complexity index is 382. The summed E-state index contributed by atoms with van der Waals surface area (Å²) in [6, 6.07) is -0.321. The van der Waals surface area contributed by atoms with Gasteiger partial charge in [0, 0.05) is 17.6 Å². The second-order valence-corrected chi connectivity index (χ2v) is 5.96. The number of aromatic nitrogens is 1. The molecule has 1 aromatic heterocycles. The first-order valence-electron chi connectivity index (χ1n) is 5.65. The van der Waals surface area contributed by atoms with Gasteiger partial charge < -0.3 is 4.74 Å². The fourth-order valence-corrected chi connectivity index (χ4v) is 1.92. The zero-order chi connectivity index (χ0) is 13.1. The molecule has 0 saturated carbocycles. The Morgan fingerprint density at radius 3 is 2.71 bits per heavy atom. The number of nitrogens with zero attached hydrogens (tertiary/aromatic N) is 1. The van der Waals surface area contributed by atoms with Crippen molar-refractivity contribution in [1.82, 2.24) is 10.3 Å². The number of thiazole rings is 1. The first-order chi connectivity index (χ1) is 7.78. The molecular weight excluding hydrogens is 236 g/mol. The smallest absolute Gasteiger partial charge is 0.323 e. The molecule has 17 heavy (non-hydrogen) atoms. The molecule has 5 heteroatoms. The van der Waals surface area contributed by atoms with Crippen LogP contribution >= 0.6 is 11.3 Å². The minimum atomic E-state index is -0.440. The van der Waals surface area contributed by atoms with E-state index in [2.05, 4.69) is 10.3 Å². The van der Waals surface area contributed by atoms with Crippen molar-refractivity contribution in [2.24, 2.45) is 0 Å². The highest BCUT2D eigenvalue weighted by atomic mass is 32.1. The summed E-state index contributed by atoms with van der Waals surface area (Å²) in [5.74, 6) is -0.231. The van der Waals surface area contributed by atoms with Crippen molar-refractivity contribution in [2.45, 2.75) is 52.8 Å². The van der Waals surface area contributed by atoms with Crippen LogP contribution in [0.15, 0.2) is 5.38 Å². The average molecular weight is 256 g/mol. The summed E-state index contributed by atoms with van der Waals surface area (Å²) in [4.78, 5) is 16.0. The van der Waals surface area contributed by atoms with E-state index in [-0.39, 0.29) is 12.0 Å². The van der Waals surface area contributed by atoms with Crippen molar-refractivity contribution >= 4 is 17.3 Å². The van der Waals surface area contributed by atoms with Gasteiger partial charge in [-0.25, -0.2) is 4.98 Å². The maximum absolute atomic E-state index is 11.7. The number of nitrogens with one attached hydrogen (secondary N) is 1. The van der Waals surface area contributed by atoms with Crippen molar-refractivity contribution in [3.8, 4) is 0 Å². The fourth-order valence-electron chi connectivity index (χ4n) is 1.20. The SMILES string of the molecule is Cc1csc(CNC(C)C(=O)OC(C)(C)C)n1. The molecule has 0 aliphatic carbocycles. The highest BCUT2D eigenvalue weighted by Crippen LogP contribution is 2.10. The van der Waals surface area contributed by atoms with Gasteiger partial charge in [-0.05, 0) is 34.6 Å². The summed E-state index contributed by atoms with van der Waals surface area (Å²) in [6.07, 6.45) is 0. The molecule has 4 nitrogen and oxygen atoms in total. The third-order valence-corrected chi connectivity index (χ3v) is 2.95. The van der Waals surface area contributed by atoms with Crippen LogP contribution in [-0.2, 0) is 16.1 Å². The van der Waals surface area contributed by atoms with Crippen LogP contribution in [0.4, 0.5) is 0 Å². The third kappa shape index (κ3) is 5.28. The predicted octanol–water partition coefficient (Wildman–Crippen LogP) is 2.27. The largest absolute Gasteiger partial charge is 0.459 e. The number of carbonyl (C=O) groups excluding carboxylic acids is 1. The first kappa shape index (κ1) is 14.1. The Hall–Kier alpha value is -0.940.